The van der Waals surface area contributed by atoms with Crippen molar-refractivity contribution in [1.82, 2.24) is 15.5 Å². The molecular formula is C10H13N3O5. The Morgan fingerprint density at radius 2 is 2.06 bits per heavy atom. The lowest BCUT2D eigenvalue weighted by atomic mass is 10.1. The lowest BCUT2D eigenvalue weighted by molar-refractivity contribution is -0.143. The van der Waals surface area contributed by atoms with Crippen LogP contribution in [0, 0.1) is 5.41 Å². The highest BCUT2D eigenvalue weighted by molar-refractivity contribution is 6.04. The summed E-state index contributed by atoms with van der Waals surface area (Å²) in [7, 11) is 0. The van der Waals surface area contributed by atoms with E-state index in [1.54, 1.807) is 0 Å². The molecule has 1 saturated heterocycles. The molecule has 1 aliphatic carbocycles. The van der Waals surface area contributed by atoms with Crippen molar-refractivity contribution in [3.05, 3.63) is 0 Å². The molecule has 1 saturated carbocycles. The SMILES string of the molecule is O=C(CN1C(=O)CNC1=O)NCC1(C(=O)O)CC1. The molecule has 0 unspecified atom stereocenters. The van der Waals surface area contributed by atoms with E-state index < -0.39 is 29.2 Å². The minimum Gasteiger partial charge on any atom is -0.481 e. The van der Waals surface area contributed by atoms with Crippen molar-refractivity contribution >= 4 is 23.8 Å². The van der Waals surface area contributed by atoms with Crippen LogP contribution >= 0.6 is 0 Å². The van der Waals surface area contributed by atoms with E-state index in [0.717, 1.165) is 4.90 Å². The van der Waals surface area contributed by atoms with Crippen LogP contribution in [0.25, 0.3) is 0 Å². The zero-order chi connectivity index (χ0) is 13.3. The molecule has 3 N–H and O–H groups in total. The first-order valence-corrected chi connectivity index (χ1v) is 5.53. The normalized spacial score (nSPS) is 20.6. The van der Waals surface area contributed by atoms with Gasteiger partial charge in [-0.2, -0.15) is 0 Å². The number of imide groups is 1. The molecule has 2 aliphatic rings. The average Bonchev–Trinajstić information content (AvgIpc) is 3.05. The second-order valence-electron chi connectivity index (χ2n) is 4.50. The number of carbonyl (C=O) groups excluding carboxylic acids is 3. The Bertz CT molecular complexity index is 413. The minimum absolute atomic E-state index is 0.0326. The molecule has 0 atom stereocenters. The van der Waals surface area contributed by atoms with Gasteiger partial charge in [-0.1, -0.05) is 0 Å². The number of carboxylic acid groups (broad SMARTS) is 1. The summed E-state index contributed by atoms with van der Waals surface area (Å²) in [5, 5.41) is 13.6. The van der Waals surface area contributed by atoms with Crippen molar-refractivity contribution in [3.63, 3.8) is 0 Å². The van der Waals surface area contributed by atoms with Crippen LogP contribution in [-0.2, 0) is 14.4 Å². The van der Waals surface area contributed by atoms with Gasteiger partial charge in [0.05, 0.1) is 12.0 Å². The van der Waals surface area contributed by atoms with E-state index in [1.165, 1.54) is 0 Å². The highest BCUT2D eigenvalue weighted by atomic mass is 16.4. The van der Waals surface area contributed by atoms with Crippen LogP contribution < -0.4 is 10.6 Å². The molecular weight excluding hydrogens is 242 g/mol. The Morgan fingerprint density at radius 3 is 2.50 bits per heavy atom. The molecule has 0 bridgehead atoms. The number of carbonyl (C=O) groups is 4. The molecule has 18 heavy (non-hydrogen) atoms. The Kier molecular flexibility index (Phi) is 2.93. The van der Waals surface area contributed by atoms with Gasteiger partial charge in [0.1, 0.15) is 6.54 Å². The highest BCUT2D eigenvalue weighted by Crippen LogP contribution is 2.45. The number of rotatable bonds is 5. The minimum atomic E-state index is -0.933. The Labute approximate surface area is 102 Å². The summed E-state index contributed by atoms with van der Waals surface area (Å²) in [4.78, 5) is 45.5. The number of hydrogen-bond donors (Lipinski definition) is 3. The van der Waals surface area contributed by atoms with Gasteiger partial charge in [-0.25, -0.2) is 4.79 Å². The van der Waals surface area contributed by atoms with E-state index in [4.69, 9.17) is 5.11 Å². The third-order valence-electron chi connectivity index (χ3n) is 3.17. The monoisotopic (exact) mass is 255 g/mol. The molecule has 1 heterocycles. The smallest absolute Gasteiger partial charge is 0.325 e. The number of hydrogen-bond acceptors (Lipinski definition) is 4. The van der Waals surface area contributed by atoms with Gasteiger partial charge in [0, 0.05) is 6.54 Å². The second-order valence-corrected chi connectivity index (χ2v) is 4.50. The fourth-order valence-corrected chi connectivity index (χ4v) is 1.70. The van der Waals surface area contributed by atoms with Gasteiger partial charge < -0.3 is 15.7 Å². The molecule has 8 nitrogen and oxygen atoms in total. The average molecular weight is 255 g/mol. The standard InChI is InChI=1S/C10H13N3O5/c14-6(4-13-7(15)3-11-9(13)18)12-5-10(1-2-10)8(16)17/h1-5H2,(H,11,18)(H,12,14)(H,16,17). The molecule has 0 aromatic rings. The first-order chi connectivity index (χ1) is 8.44. The van der Waals surface area contributed by atoms with E-state index in [0.29, 0.717) is 12.8 Å². The van der Waals surface area contributed by atoms with Crippen LogP contribution in [0.1, 0.15) is 12.8 Å². The van der Waals surface area contributed by atoms with Crippen molar-refractivity contribution in [2.24, 2.45) is 5.41 Å². The predicted molar refractivity (Wildman–Crippen MR) is 57.4 cm³/mol. The first-order valence-electron chi connectivity index (χ1n) is 5.53. The molecule has 4 amide bonds. The van der Waals surface area contributed by atoms with E-state index in [2.05, 4.69) is 10.6 Å². The van der Waals surface area contributed by atoms with Crippen LogP contribution in [0.4, 0.5) is 4.79 Å². The molecule has 8 heteroatoms. The van der Waals surface area contributed by atoms with Crippen molar-refractivity contribution in [3.8, 4) is 0 Å². The van der Waals surface area contributed by atoms with Crippen LogP contribution in [0.15, 0.2) is 0 Å². The third-order valence-corrected chi connectivity index (χ3v) is 3.17. The zero-order valence-corrected chi connectivity index (χ0v) is 9.56. The molecule has 0 radical (unpaired) electrons. The summed E-state index contributed by atoms with van der Waals surface area (Å²) in [6, 6.07) is -0.602. The Morgan fingerprint density at radius 1 is 1.39 bits per heavy atom. The van der Waals surface area contributed by atoms with Crippen molar-refractivity contribution < 1.29 is 24.3 Å². The topological polar surface area (TPSA) is 116 Å². The molecule has 0 aromatic carbocycles. The number of urea groups is 1. The van der Waals surface area contributed by atoms with Gasteiger partial charge in [-0.15, -0.1) is 0 Å². The maximum Gasteiger partial charge on any atom is 0.325 e. The van der Waals surface area contributed by atoms with Gasteiger partial charge in [-0.05, 0) is 12.8 Å². The molecule has 0 spiro atoms. The highest BCUT2D eigenvalue weighted by Gasteiger charge is 2.50. The summed E-state index contributed by atoms with van der Waals surface area (Å²) in [5.41, 5.74) is -0.854. The molecule has 98 valence electrons. The fraction of sp³-hybridized carbons (Fsp3) is 0.600. The zero-order valence-electron chi connectivity index (χ0n) is 9.56. The quantitative estimate of drug-likeness (QED) is 0.518. The number of nitrogens with one attached hydrogen (secondary N) is 2. The van der Waals surface area contributed by atoms with Gasteiger partial charge in [0.25, 0.3) is 5.91 Å². The largest absolute Gasteiger partial charge is 0.481 e. The van der Waals surface area contributed by atoms with Crippen LogP contribution in [0.3, 0.4) is 0 Å². The van der Waals surface area contributed by atoms with Crippen LogP contribution in [0.5, 0.6) is 0 Å². The van der Waals surface area contributed by atoms with Crippen molar-refractivity contribution in [2.75, 3.05) is 19.6 Å². The lowest BCUT2D eigenvalue weighted by Gasteiger charge is -2.14. The molecule has 2 rings (SSSR count). The maximum atomic E-state index is 11.5. The predicted octanol–water partition coefficient (Wildman–Crippen LogP) is -1.48. The summed E-state index contributed by atoms with van der Waals surface area (Å²) < 4.78 is 0. The Hall–Kier alpha value is -2.12. The first kappa shape index (κ1) is 12.3. The van der Waals surface area contributed by atoms with E-state index in [1.807, 2.05) is 0 Å². The number of nitrogens with zero attached hydrogens (tertiary/aromatic N) is 1. The summed E-state index contributed by atoms with van der Waals surface area (Å²) in [6.45, 7) is -0.448. The van der Waals surface area contributed by atoms with Gasteiger partial charge in [-0.3, -0.25) is 19.3 Å². The molecule has 1 aliphatic heterocycles. The number of carboxylic acids is 1. The Balaban J connectivity index is 1.81. The summed E-state index contributed by atoms with van der Waals surface area (Å²) >= 11 is 0. The van der Waals surface area contributed by atoms with Crippen LogP contribution in [0.2, 0.25) is 0 Å². The summed E-state index contributed by atoms with van der Waals surface area (Å²) in [5.74, 6) is -1.93. The second kappa shape index (κ2) is 4.28. The van der Waals surface area contributed by atoms with E-state index in [-0.39, 0.29) is 19.6 Å². The van der Waals surface area contributed by atoms with Gasteiger partial charge in [0.2, 0.25) is 5.91 Å². The lowest BCUT2D eigenvalue weighted by Crippen LogP contribution is -2.43. The van der Waals surface area contributed by atoms with E-state index >= 15 is 0 Å². The molecule has 2 fully saturated rings. The summed E-state index contributed by atoms with van der Waals surface area (Å²) in [6.07, 6.45) is 1.07. The number of amides is 4. The van der Waals surface area contributed by atoms with Crippen LogP contribution in [-0.4, -0.2) is 53.5 Å². The van der Waals surface area contributed by atoms with Crippen molar-refractivity contribution in [2.45, 2.75) is 12.8 Å². The maximum absolute atomic E-state index is 11.5. The fourth-order valence-electron chi connectivity index (χ4n) is 1.70. The van der Waals surface area contributed by atoms with E-state index in [9.17, 15) is 19.2 Å². The van der Waals surface area contributed by atoms with Gasteiger partial charge in [0.15, 0.2) is 0 Å². The number of aliphatic carboxylic acids is 1. The van der Waals surface area contributed by atoms with Gasteiger partial charge >= 0.3 is 12.0 Å². The molecule has 0 aromatic heterocycles. The third kappa shape index (κ3) is 2.27. The van der Waals surface area contributed by atoms with Crippen molar-refractivity contribution in [1.29, 1.82) is 0 Å².